The number of benzene rings is 1. The van der Waals surface area contributed by atoms with Crippen LogP contribution in [0.5, 0.6) is 0 Å². The molecular formula is C22H27N5O2. The SMILES string of the molecule is O=CN1CCN(c2cnc(C(=O)N3CCC(Cc4ccccc4)CC3)cn2)CC1. The summed E-state index contributed by atoms with van der Waals surface area (Å²) in [6.07, 6.45) is 7.26. The Morgan fingerprint density at radius 2 is 1.69 bits per heavy atom. The molecule has 0 spiro atoms. The lowest BCUT2D eigenvalue weighted by atomic mass is 9.90. The first-order chi connectivity index (χ1) is 14.2. The van der Waals surface area contributed by atoms with Crippen molar-refractivity contribution in [3.63, 3.8) is 0 Å². The third-order valence-electron chi connectivity index (χ3n) is 5.91. The Morgan fingerprint density at radius 1 is 0.966 bits per heavy atom. The summed E-state index contributed by atoms with van der Waals surface area (Å²) in [6.45, 7) is 4.37. The monoisotopic (exact) mass is 393 g/mol. The fourth-order valence-electron chi connectivity index (χ4n) is 4.10. The maximum atomic E-state index is 12.8. The summed E-state index contributed by atoms with van der Waals surface area (Å²) in [5.74, 6) is 1.35. The Bertz CT molecular complexity index is 811. The molecule has 0 aliphatic carbocycles. The van der Waals surface area contributed by atoms with Gasteiger partial charge in [-0.1, -0.05) is 30.3 Å². The van der Waals surface area contributed by atoms with E-state index < -0.39 is 0 Å². The van der Waals surface area contributed by atoms with E-state index in [4.69, 9.17) is 0 Å². The van der Waals surface area contributed by atoms with Gasteiger partial charge < -0.3 is 14.7 Å². The van der Waals surface area contributed by atoms with Crippen LogP contribution < -0.4 is 4.90 Å². The normalized spacial score (nSPS) is 18.0. The molecule has 2 fully saturated rings. The third-order valence-corrected chi connectivity index (χ3v) is 5.91. The average Bonchev–Trinajstić information content (AvgIpc) is 2.80. The molecule has 3 heterocycles. The van der Waals surface area contributed by atoms with Crippen molar-refractivity contribution in [1.29, 1.82) is 0 Å². The van der Waals surface area contributed by atoms with E-state index in [2.05, 4.69) is 39.1 Å². The molecule has 0 radical (unpaired) electrons. The summed E-state index contributed by atoms with van der Waals surface area (Å²) in [4.78, 5) is 38.2. The highest BCUT2D eigenvalue weighted by Gasteiger charge is 2.25. The van der Waals surface area contributed by atoms with Gasteiger partial charge in [-0.25, -0.2) is 9.97 Å². The summed E-state index contributed by atoms with van der Waals surface area (Å²) in [5.41, 5.74) is 1.77. The van der Waals surface area contributed by atoms with E-state index in [-0.39, 0.29) is 5.91 Å². The van der Waals surface area contributed by atoms with Gasteiger partial charge in [0.1, 0.15) is 11.5 Å². The second-order valence-corrected chi connectivity index (χ2v) is 7.81. The number of anilines is 1. The fraction of sp³-hybridized carbons (Fsp3) is 0.455. The van der Waals surface area contributed by atoms with Gasteiger partial charge in [0.2, 0.25) is 6.41 Å². The van der Waals surface area contributed by atoms with E-state index >= 15 is 0 Å². The number of piperazine rings is 1. The van der Waals surface area contributed by atoms with Crippen molar-refractivity contribution in [2.24, 2.45) is 5.92 Å². The molecule has 1 aromatic carbocycles. The first kappa shape index (κ1) is 19.4. The van der Waals surface area contributed by atoms with E-state index in [1.807, 2.05) is 11.0 Å². The van der Waals surface area contributed by atoms with Crippen LogP contribution in [0.2, 0.25) is 0 Å². The quantitative estimate of drug-likeness (QED) is 0.725. The molecule has 2 aliphatic heterocycles. The topological polar surface area (TPSA) is 69.6 Å². The third kappa shape index (κ3) is 4.72. The van der Waals surface area contributed by atoms with Crippen LogP contribution in [0.3, 0.4) is 0 Å². The predicted octanol–water partition coefficient (Wildman–Crippen LogP) is 1.85. The number of carbonyl (C=O) groups is 2. The van der Waals surface area contributed by atoms with Crippen molar-refractivity contribution >= 4 is 18.1 Å². The smallest absolute Gasteiger partial charge is 0.274 e. The van der Waals surface area contributed by atoms with Gasteiger partial charge in [0.25, 0.3) is 5.91 Å². The molecule has 1 aromatic heterocycles. The first-order valence-electron chi connectivity index (χ1n) is 10.3. The highest BCUT2D eigenvalue weighted by atomic mass is 16.2. The minimum absolute atomic E-state index is 0.0343. The van der Waals surface area contributed by atoms with Gasteiger partial charge in [0, 0.05) is 39.3 Å². The second kappa shape index (κ2) is 9.03. The van der Waals surface area contributed by atoms with Crippen molar-refractivity contribution in [2.45, 2.75) is 19.3 Å². The van der Waals surface area contributed by atoms with Crippen molar-refractivity contribution in [2.75, 3.05) is 44.2 Å². The Balaban J connectivity index is 1.29. The molecule has 0 bridgehead atoms. The maximum absolute atomic E-state index is 12.8. The van der Waals surface area contributed by atoms with Gasteiger partial charge in [-0.3, -0.25) is 9.59 Å². The lowest BCUT2D eigenvalue weighted by Gasteiger charge is -2.33. The number of rotatable bonds is 5. The largest absolute Gasteiger partial charge is 0.352 e. The Labute approximate surface area is 171 Å². The van der Waals surface area contributed by atoms with Crippen LogP contribution in [0.4, 0.5) is 5.82 Å². The summed E-state index contributed by atoms with van der Waals surface area (Å²) >= 11 is 0. The zero-order chi connectivity index (χ0) is 20.1. The van der Waals surface area contributed by atoms with Gasteiger partial charge in [-0.05, 0) is 30.7 Å². The van der Waals surface area contributed by atoms with Crippen molar-refractivity contribution < 1.29 is 9.59 Å². The van der Waals surface area contributed by atoms with Crippen LogP contribution in [0, 0.1) is 5.92 Å². The molecule has 2 saturated heterocycles. The van der Waals surface area contributed by atoms with Crippen LogP contribution in [0.15, 0.2) is 42.7 Å². The standard InChI is InChI=1S/C22H27N5O2/c28-17-25-10-12-26(13-11-25)21-16-23-20(15-24-21)22(29)27-8-6-19(7-9-27)14-18-4-2-1-3-5-18/h1-5,15-17,19H,6-14H2. The second-order valence-electron chi connectivity index (χ2n) is 7.81. The number of amides is 2. The molecule has 0 N–H and O–H groups in total. The molecule has 2 aliphatic rings. The van der Waals surface area contributed by atoms with Gasteiger partial charge in [-0.15, -0.1) is 0 Å². The lowest BCUT2D eigenvalue weighted by molar-refractivity contribution is -0.118. The van der Waals surface area contributed by atoms with Gasteiger partial charge in [-0.2, -0.15) is 0 Å². The molecule has 7 heteroatoms. The van der Waals surface area contributed by atoms with Gasteiger partial charge in [0.05, 0.1) is 12.4 Å². The number of piperidine rings is 1. The lowest BCUT2D eigenvalue weighted by Crippen LogP contribution is -2.46. The van der Waals surface area contributed by atoms with Crippen molar-refractivity contribution in [1.82, 2.24) is 19.8 Å². The van der Waals surface area contributed by atoms with E-state index in [0.29, 0.717) is 24.7 Å². The maximum Gasteiger partial charge on any atom is 0.274 e. The molecule has 2 amide bonds. The molecule has 0 atom stereocenters. The summed E-state index contributed by atoms with van der Waals surface area (Å²) in [5, 5.41) is 0. The molecule has 29 heavy (non-hydrogen) atoms. The number of nitrogens with zero attached hydrogens (tertiary/aromatic N) is 5. The number of hydrogen-bond donors (Lipinski definition) is 0. The van der Waals surface area contributed by atoms with E-state index in [9.17, 15) is 9.59 Å². The van der Waals surface area contributed by atoms with E-state index in [0.717, 1.165) is 57.7 Å². The van der Waals surface area contributed by atoms with Crippen LogP contribution in [0.25, 0.3) is 0 Å². The van der Waals surface area contributed by atoms with Gasteiger partial charge >= 0.3 is 0 Å². The average molecular weight is 393 g/mol. The van der Waals surface area contributed by atoms with E-state index in [1.165, 1.54) is 5.56 Å². The first-order valence-corrected chi connectivity index (χ1v) is 10.3. The minimum Gasteiger partial charge on any atom is -0.352 e. The summed E-state index contributed by atoms with van der Waals surface area (Å²) < 4.78 is 0. The zero-order valence-corrected chi connectivity index (χ0v) is 16.6. The van der Waals surface area contributed by atoms with Crippen molar-refractivity contribution in [3.8, 4) is 0 Å². The minimum atomic E-state index is -0.0343. The molecule has 2 aromatic rings. The molecule has 0 saturated carbocycles. The highest BCUT2D eigenvalue weighted by molar-refractivity contribution is 5.92. The van der Waals surface area contributed by atoms with Crippen LogP contribution in [-0.4, -0.2) is 71.4 Å². The Hall–Kier alpha value is -2.96. The molecule has 7 nitrogen and oxygen atoms in total. The van der Waals surface area contributed by atoms with Crippen molar-refractivity contribution in [3.05, 3.63) is 54.0 Å². The molecule has 0 unspecified atom stereocenters. The molecule has 152 valence electrons. The number of carbonyl (C=O) groups excluding carboxylic acids is 2. The zero-order valence-electron chi connectivity index (χ0n) is 16.6. The van der Waals surface area contributed by atoms with Crippen LogP contribution >= 0.6 is 0 Å². The predicted molar refractivity (Wildman–Crippen MR) is 111 cm³/mol. The molecule has 4 rings (SSSR count). The highest BCUT2D eigenvalue weighted by Crippen LogP contribution is 2.23. The van der Waals surface area contributed by atoms with Crippen LogP contribution in [0.1, 0.15) is 28.9 Å². The number of aromatic nitrogens is 2. The fourth-order valence-corrected chi connectivity index (χ4v) is 4.10. The summed E-state index contributed by atoms with van der Waals surface area (Å²) in [6, 6.07) is 10.6. The van der Waals surface area contributed by atoms with Crippen LogP contribution in [-0.2, 0) is 11.2 Å². The summed E-state index contributed by atoms with van der Waals surface area (Å²) in [7, 11) is 0. The van der Waals surface area contributed by atoms with E-state index in [1.54, 1.807) is 17.3 Å². The Kier molecular flexibility index (Phi) is 6.03. The number of hydrogen-bond acceptors (Lipinski definition) is 5. The Morgan fingerprint density at radius 3 is 2.31 bits per heavy atom. The molecular weight excluding hydrogens is 366 g/mol. The van der Waals surface area contributed by atoms with Gasteiger partial charge in [0.15, 0.2) is 0 Å². The number of likely N-dealkylation sites (tertiary alicyclic amines) is 1.